The van der Waals surface area contributed by atoms with E-state index in [9.17, 15) is 31.1 Å². The van der Waals surface area contributed by atoms with Crippen LogP contribution in [0.3, 0.4) is 0 Å². The smallest absolute Gasteiger partial charge is 0.420 e. The maximum atomic E-state index is 13.1. The second-order valence-electron chi connectivity index (χ2n) is 12.3. The van der Waals surface area contributed by atoms with Crippen LogP contribution in [0.2, 0.25) is 0 Å². The molecule has 0 unspecified atom stereocenters. The monoisotopic (exact) mass is 692 g/mol. The van der Waals surface area contributed by atoms with E-state index in [2.05, 4.69) is 15.6 Å². The fourth-order valence-electron chi connectivity index (χ4n) is 5.75. The Morgan fingerprint density at radius 2 is 1.21 bits per heavy atom. The van der Waals surface area contributed by atoms with Crippen LogP contribution in [0.4, 0.5) is 31.1 Å². The summed E-state index contributed by atoms with van der Waals surface area (Å²) in [6, 6.07) is 8.03. The van der Waals surface area contributed by atoms with Gasteiger partial charge in [-0.15, -0.1) is 12.4 Å². The molecule has 0 aliphatic carbocycles. The molecule has 0 bridgehead atoms. The molecule has 4 heterocycles. The molecule has 0 radical (unpaired) electrons. The predicted octanol–water partition coefficient (Wildman–Crippen LogP) is 9.33. The van der Waals surface area contributed by atoms with Crippen molar-refractivity contribution in [3.05, 3.63) is 58.9 Å². The Labute approximate surface area is 274 Å². The zero-order valence-electron chi connectivity index (χ0n) is 25.4. The van der Waals surface area contributed by atoms with Gasteiger partial charge in [0.2, 0.25) is 0 Å². The van der Waals surface area contributed by atoms with Crippen LogP contribution in [-0.4, -0.2) is 53.1 Å². The van der Waals surface area contributed by atoms with Crippen LogP contribution in [0.5, 0.6) is 0 Å². The number of aromatic nitrogens is 2. The van der Waals surface area contributed by atoms with Crippen molar-refractivity contribution in [2.24, 2.45) is 0 Å². The Bertz CT molecular complexity index is 1630. The van der Waals surface area contributed by atoms with E-state index in [4.69, 9.17) is 13.8 Å². The summed E-state index contributed by atoms with van der Waals surface area (Å²) in [5.41, 5.74) is -1.34. The van der Waals surface area contributed by atoms with E-state index in [-0.39, 0.29) is 48.9 Å². The lowest BCUT2D eigenvalue weighted by atomic mass is 9.91. The third-order valence-electron chi connectivity index (χ3n) is 7.92. The third-order valence-corrected chi connectivity index (χ3v) is 7.92. The number of rotatable bonds is 2. The van der Waals surface area contributed by atoms with Gasteiger partial charge in [-0.3, -0.25) is 0 Å². The minimum atomic E-state index is -4.49. The second kappa shape index (κ2) is 14.7. The number of amides is 1. The number of likely N-dealkylation sites (tertiary alicyclic amines) is 1. The third kappa shape index (κ3) is 8.69. The lowest BCUT2D eigenvalue weighted by molar-refractivity contribution is -0.137. The van der Waals surface area contributed by atoms with Crippen molar-refractivity contribution in [2.75, 3.05) is 26.2 Å². The molecule has 15 heteroatoms. The molecule has 2 aromatic carbocycles. The number of carbonyl (C=O) groups is 1. The average molecular weight is 693 g/mol. The first-order valence-electron chi connectivity index (χ1n) is 14.7. The van der Waals surface area contributed by atoms with E-state index in [1.807, 2.05) is 0 Å². The van der Waals surface area contributed by atoms with Crippen LogP contribution in [-0.2, 0) is 17.1 Å². The van der Waals surface area contributed by atoms with Gasteiger partial charge >= 0.3 is 18.4 Å². The van der Waals surface area contributed by atoms with Crippen LogP contribution in [0.25, 0.3) is 21.9 Å². The Morgan fingerprint density at radius 1 is 0.787 bits per heavy atom. The van der Waals surface area contributed by atoms with Crippen LogP contribution in [0, 0.1) is 0 Å². The summed E-state index contributed by atoms with van der Waals surface area (Å²) < 4.78 is 93.3. The van der Waals surface area contributed by atoms with Gasteiger partial charge in [0.25, 0.3) is 0 Å². The molecule has 1 amide bonds. The fourth-order valence-corrected chi connectivity index (χ4v) is 5.75. The first-order valence-corrected chi connectivity index (χ1v) is 14.7. The van der Waals surface area contributed by atoms with Gasteiger partial charge in [-0.25, -0.2) is 4.79 Å². The molecule has 0 saturated carbocycles. The van der Waals surface area contributed by atoms with Gasteiger partial charge in [0.05, 0.1) is 11.4 Å². The zero-order chi connectivity index (χ0) is 32.6. The second-order valence-corrected chi connectivity index (χ2v) is 12.3. The van der Waals surface area contributed by atoms with Gasteiger partial charge in [-0.2, -0.15) is 26.3 Å². The minimum absolute atomic E-state index is 0. The standard InChI is InChI=1S/C18H21F3N2O3.C13H13F3N2O.CH4.ClH/c1-17(2,3)25-16(24)23-9-7-11(8-10-23)14-12-5-4-6-13(18(19,20)21)15(12)26-22-14;14-13(15,16)10-3-1-2-9-11(18-19-12(9)10)8-4-6-17-7-5-8;;/h4-6,11H,7-10H2,1-3H3;1-3,8,17H,4-7H2;1H4;1H. The summed E-state index contributed by atoms with van der Waals surface area (Å²) in [6.45, 7) is 8.06. The summed E-state index contributed by atoms with van der Waals surface area (Å²) in [5, 5.41) is 11.9. The first kappa shape index (κ1) is 37.9. The first-order chi connectivity index (χ1) is 21.1. The van der Waals surface area contributed by atoms with Crippen molar-refractivity contribution in [1.29, 1.82) is 0 Å². The predicted molar refractivity (Wildman–Crippen MR) is 167 cm³/mol. The number of ether oxygens (including phenoxy) is 1. The van der Waals surface area contributed by atoms with Crippen LogP contribution < -0.4 is 5.32 Å². The molecule has 2 saturated heterocycles. The van der Waals surface area contributed by atoms with Crippen LogP contribution >= 0.6 is 12.4 Å². The fraction of sp³-hybridized carbons (Fsp3) is 0.531. The summed E-state index contributed by atoms with van der Waals surface area (Å²) in [7, 11) is 0. The molecule has 6 rings (SSSR count). The van der Waals surface area contributed by atoms with Crippen LogP contribution in [0.15, 0.2) is 45.4 Å². The van der Waals surface area contributed by atoms with Gasteiger partial charge in [0, 0.05) is 35.7 Å². The number of hydrogen-bond donors (Lipinski definition) is 1. The molecule has 8 nitrogen and oxygen atoms in total. The normalized spacial score (nSPS) is 16.7. The Hall–Kier alpha value is -3.52. The van der Waals surface area contributed by atoms with Crippen molar-refractivity contribution in [1.82, 2.24) is 20.5 Å². The Kier molecular flexibility index (Phi) is 11.9. The highest BCUT2D eigenvalue weighted by atomic mass is 35.5. The topological polar surface area (TPSA) is 93.6 Å². The van der Waals surface area contributed by atoms with E-state index in [0.717, 1.165) is 38.1 Å². The van der Waals surface area contributed by atoms with Crippen molar-refractivity contribution in [3.63, 3.8) is 0 Å². The molecular formula is C32H39ClF6N4O4. The molecule has 2 fully saturated rings. The molecule has 0 atom stereocenters. The number of para-hydroxylation sites is 2. The Morgan fingerprint density at radius 3 is 1.62 bits per heavy atom. The number of alkyl halides is 6. The highest BCUT2D eigenvalue weighted by molar-refractivity contribution is 5.85. The zero-order valence-corrected chi connectivity index (χ0v) is 26.2. The number of fused-ring (bicyclic) bond motifs is 2. The van der Waals surface area contributed by atoms with Crippen molar-refractivity contribution >= 4 is 40.4 Å². The van der Waals surface area contributed by atoms with Gasteiger partial charge < -0.3 is 24.0 Å². The average Bonchev–Trinajstić information content (AvgIpc) is 3.61. The highest BCUT2D eigenvalue weighted by Gasteiger charge is 2.37. The maximum absolute atomic E-state index is 13.1. The summed E-state index contributed by atoms with van der Waals surface area (Å²) in [5.74, 6) is 0.115. The number of piperidine rings is 2. The molecule has 47 heavy (non-hydrogen) atoms. The van der Waals surface area contributed by atoms with E-state index in [1.165, 1.54) is 12.1 Å². The number of halogens is 7. The molecule has 260 valence electrons. The van der Waals surface area contributed by atoms with Crippen molar-refractivity contribution in [3.8, 4) is 0 Å². The molecule has 2 aliphatic heterocycles. The SMILES string of the molecule is C.CC(C)(C)OC(=O)N1CCC(c2noc3c(C(F)(F)F)cccc23)CC1.Cl.FC(F)(F)c1cccc2c(C3CCNCC3)noc12. The van der Waals surface area contributed by atoms with Gasteiger partial charge in [0.1, 0.15) is 16.7 Å². The van der Waals surface area contributed by atoms with Gasteiger partial charge in [-0.05, 0) is 83.8 Å². The van der Waals surface area contributed by atoms with Crippen molar-refractivity contribution < 1.29 is 44.9 Å². The van der Waals surface area contributed by atoms with E-state index in [0.29, 0.717) is 48.1 Å². The quantitative estimate of drug-likeness (QED) is 0.209. The largest absolute Gasteiger partial charge is 0.444 e. The van der Waals surface area contributed by atoms with E-state index in [1.54, 1.807) is 37.8 Å². The minimum Gasteiger partial charge on any atom is -0.444 e. The summed E-state index contributed by atoms with van der Waals surface area (Å²) in [4.78, 5) is 13.7. The van der Waals surface area contributed by atoms with Gasteiger partial charge in [0.15, 0.2) is 11.2 Å². The summed E-state index contributed by atoms with van der Waals surface area (Å²) >= 11 is 0. The number of carbonyl (C=O) groups excluding carboxylic acids is 1. The molecule has 4 aromatic rings. The maximum Gasteiger partial charge on any atom is 0.420 e. The molecular weight excluding hydrogens is 654 g/mol. The van der Waals surface area contributed by atoms with Crippen LogP contribution in [0.1, 0.15) is 88.2 Å². The number of nitrogens with zero attached hydrogens (tertiary/aromatic N) is 3. The van der Waals surface area contributed by atoms with Crippen molar-refractivity contribution in [2.45, 2.75) is 83.7 Å². The molecule has 1 N–H and O–H groups in total. The summed E-state index contributed by atoms with van der Waals surface area (Å²) in [6.07, 6.45) is -6.34. The lowest BCUT2D eigenvalue weighted by Crippen LogP contribution is -2.41. The van der Waals surface area contributed by atoms with E-state index >= 15 is 0 Å². The molecule has 2 aromatic heterocycles. The Balaban J connectivity index is 0.000000255. The number of hydrogen-bond acceptors (Lipinski definition) is 7. The number of benzene rings is 2. The van der Waals surface area contributed by atoms with E-state index < -0.39 is 29.1 Å². The lowest BCUT2D eigenvalue weighted by Gasteiger charge is -2.32. The molecule has 0 spiro atoms. The number of nitrogens with one attached hydrogen (secondary N) is 1. The van der Waals surface area contributed by atoms with Gasteiger partial charge in [-0.1, -0.05) is 29.9 Å². The molecule has 2 aliphatic rings. The highest BCUT2D eigenvalue weighted by Crippen LogP contribution is 2.40.